The van der Waals surface area contributed by atoms with Crippen molar-refractivity contribution in [3.05, 3.63) is 0 Å². The van der Waals surface area contributed by atoms with Gasteiger partial charge in [0.25, 0.3) is 0 Å². The second-order valence-electron chi connectivity index (χ2n) is 10.4. The monoisotopic (exact) mass is 403 g/mol. The number of likely N-dealkylation sites (tertiary alicyclic amines) is 1. The number of amides is 3. The fourth-order valence-electron chi connectivity index (χ4n) is 4.92. The Kier molecular flexibility index (Phi) is 5.41. The molecular weight excluding hydrogens is 370 g/mol. The number of rotatable bonds is 5. The first-order valence-corrected chi connectivity index (χ1v) is 10.4. The first-order valence-electron chi connectivity index (χ1n) is 10.4. The highest BCUT2D eigenvalue weighted by Crippen LogP contribution is 2.65. The average Bonchev–Trinajstić information content (AvgIpc) is 3.02. The molecule has 160 valence electrons. The van der Waals surface area contributed by atoms with Crippen LogP contribution in [0.2, 0.25) is 0 Å². The summed E-state index contributed by atoms with van der Waals surface area (Å²) in [4.78, 5) is 39.7. The van der Waals surface area contributed by atoms with Crippen LogP contribution in [0.25, 0.3) is 0 Å². The van der Waals surface area contributed by atoms with Gasteiger partial charge in [-0.15, -0.1) is 0 Å². The number of fused-ring (bicyclic) bond motifs is 1. The Balaban J connectivity index is 1.73. The van der Waals surface area contributed by atoms with Crippen molar-refractivity contribution in [2.75, 3.05) is 13.1 Å². The summed E-state index contributed by atoms with van der Waals surface area (Å²) in [6.45, 7) is 11.1. The van der Waals surface area contributed by atoms with Crippen LogP contribution in [0.5, 0.6) is 0 Å². The maximum Gasteiger partial charge on any atom is 0.244 e. The zero-order chi connectivity index (χ0) is 21.7. The van der Waals surface area contributed by atoms with E-state index in [1.54, 1.807) is 4.90 Å². The highest BCUT2D eigenvalue weighted by molar-refractivity contribution is 5.92. The quantitative estimate of drug-likeness (QED) is 0.611. The van der Waals surface area contributed by atoms with Gasteiger partial charge >= 0.3 is 0 Å². The first kappa shape index (κ1) is 21.6. The van der Waals surface area contributed by atoms with Crippen LogP contribution in [0.1, 0.15) is 47.5 Å². The molecule has 6 atom stereocenters. The molecule has 2 saturated heterocycles. The van der Waals surface area contributed by atoms with Gasteiger partial charge in [-0.05, 0) is 35.5 Å². The molecular formula is C21H33N5O3. The van der Waals surface area contributed by atoms with E-state index >= 15 is 0 Å². The van der Waals surface area contributed by atoms with Crippen LogP contribution in [0, 0.1) is 39.9 Å². The number of piperidine rings is 1. The normalized spacial score (nSPS) is 32.0. The van der Waals surface area contributed by atoms with Crippen LogP contribution < -0.4 is 16.4 Å². The number of nitrogens with one attached hydrogen (secondary N) is 2. The van der Waals surface area contributed by atoms with Crippen molar-refractivity contribution in [2.24, 2.45) is 34.3 Å². The second kappa shape index (κ2) is 7.28. The van der Waals surface area contributed by atoms with Gasteiger partial charge in [0.2, 0.25) is 17.7 Å². The molecule has 1 aliphatic carbocycles. The van der Waals surface area contributed by atoms with E-state index in [0.29, 0.717) is 19.5 Å². The van der Waals surface area contributed by atoms with E-state index in [-0.39, 0.29) is 47.3 Å². The Labute approximate surface area is 172 Å². The Morgan fingerprint density at radius 2 is 2.07 bits per heavy atom. The van der Waals surface area contributed by atoms with Crippen molar-refractivity contribution < 1.29 is 14.4 Å². The molecule has 1 saturated carbocycles. The predicted octanol–water partition coefficient (Wildman–Crippen LogP) is 0.377. The van der Waals surface area contributed by atoms with Crippen LogP contribution in [0.3, 0.4) is 0 Å². The molecule has 6 unspecified atom stereocenters. The fraction of sp³-hybridized carbons (Fsp3) is 0.810. The molecule has 0 bridgehead atoms. The van der Waals surface area contributed by atoms with E-state index in [9.17, 15) is 19.6 Å². The highest BCUT2D eigenvalue weighted by atomic mass is 16.2. The number of nitriles is 1. The Bertz CT molecular complexity index is 750. The molecule has 3 fully saturated rings. The molecule has 3 rings (SSSR count). The van der Waals surface area contributed by atoms with Gasteiger partial charge < -0.3 is 21.3 Å². The third kappa shape index (κ3) is 3.85. The van der Waals surface area contributed by atoms with Crippen molar-refractivity contribution in [1.29, 1.82) is 5.26 Å². The Morgan fingerprint density at radius 3 is 2.59 bits per heavy atom. The summed E-state index contributed by atoms with van der Waals surface area (Å²) in [5.41, 5.74) is 5.77. The number of carbonyl (C=O) groups is 3. The topological polar surface area (TPSA) is 128 Å². The molecule has 0 aromatic rings. The highest BCUT2D eigenvalue weighted by Gasteiger charge is 2.69. The standard InChI is InChI=1S/C21H33N5O3/c1-20(2,3)16(23)19(29)26-10-13-14(21(13,4)5)15(26)18(28)25-12(9-22)8-11-6-7-24-17(11)27/h11-16H,6-8,10,23H2,1-5H3,(H,24,27)(H,25,28). The summed E-state index contributed by atoms with van der Waals surface area (Å²) < 4.78 is 0. The molecule has 29 heavy (non-hydrogen) atoms. The van der Waals surface area contributed by atoms with Crippen LogP contribution in [-0.2, 0) is 14.4 Å². The minimum Gasteiger partial charge on any atom is -0.356 e. The lowest BCUT2D eigenvalue weighted by Crippen LogP contribution is -2.57. The third-order valence-corrected chi connectivity index (χ3v) is 7.11. The Hall–Kier alpha value is -2.14. The molecule has 2 aliphatic heterocycles. The number of nitrogens with zero attached hydrogens (tertiary/aromatic N) is 2. The molecule has 8 nitrogen and oxygen atoms in total. The number of carbonyl (C=O) groups excluding carboxylic acids is 3. The van der Waals surface area contributed by atoms with Gasteiger partial charge in [0.1, 0.15) is 12.1 Å². The zero-order valence-corrected chi connectivity index (χ0v) is 18.0. The average molecular weight is 404 g/mol. The van der Waals surface area contributed by atoms with Gasteiger partial charge in [0, 0.05) is 19.0 Å². The van der Waals surface area contributed by atoms with Crippen LogP contribution in [-0.4, -0.2) is 53.8 Å². The van der Waals surface area contributed by atoms with Gasteiger partial charge in [-0.2, -0.15) is 5.26 Å². The van der Waals surface area contributed by atoms with E-state index in [2.05, 4.69) is 30.6 Å². The molecule has 0 aromatic heterocycles. The minimum atomic E-state index is -0.759. The van der Waals surface area contributed by atoms with Gasteiger partial charge in [0.05, 0.1) is 12.1 Å². The lowest BCUT2D eigenvalue weighted by atomic mass is 9.86. The van der Waals surface area contributed by atoms with Crippen LogP contribution in [0.15, 0.2) is 0 Å². The zero-order valence-electron chi connectivity index (χ0n) is 18.0. The fourth-order valence-corrected chi connectivity index (χ4v) is 4.92. The van der Waals surface area contributed by atoms with E-state index in [0.717, 1.165) is 0 Å². The summed E-state index contributed by atoms with van der Waals surface area (Å²) in [5, 5.41) is 15.1. The lowest BCUT2D eigenvalue weighted by molar-refractivity contribution is -0.143. The minimum absolute atomic E-state index is 0.0158. The summed E-state index contributed by atoms with van der Waals surface area (Å²) in [5.74, 6) is -0.549. The van der Waals surface area contributed by atoms with Gasteiger partial charge in [-0.3, -0.25) is 14.4 Å². The predicted molar refractivity (Wildman–Crippen MR) is 107 cm³/mol. The molecule has 0 radical (unpaired) electrons. The SMILES string of the molecule is CC(C)(C)C(N)C(=O)N1CC2C(C1C(=O)NC(C#N)CC1CCNC1=O)C2(C)C. The van der Waals surface area contributed by atoms with Crippen molar-refractivity contribution >= 4 is 17.7 Å². The van der Waals surface area contributed by atoms with Crippen molar-refractivity contribution in [3.8, 4) is 6.07 Å². The summed E-state index contributed by atoms with van der Waals surface area (Å²) >= 11 is 0. The van der Waals surface area contributed by atoms with E-state index < -0.39 is 23.5 Å². The number of nitrogens with two attached hydrogens (primary N) is 1. The molecule has 3 aliphatic rings. The van der Waals surface area contributed by atoms with Gasteiger partial charge in [-0.25, -0.2) is 0 Å². The molecule has 4 N–H and O–H groups in total. The number of hydrogen-bond acceptors (Lipinski definition) is 5. The van der Waals surface area contributed by atoms with Crippen LogP contribution >= 0.6 is 0 Å². The second-order valence-corrected chi connectivity index (χ2v) is 10.4. The van der Waals surface area contributed by atoms with Gasteiger partial charge in [-0.1, -0.05) is 34.6 Å². The van der Waals surface area contributed by atoms with Crippen molar-refractivity contribution in [3.63, 3.8) is 0 Å². The molecule has 3 amide bonds. The Morgan fingerprint density at radius 1 is 1.41 bits per heavy atom. The van der Waals surface area contributed by atoms with E-state index in [1.807, 2.05) is 20.8 Å². The van der Waals surface area contributed by atoms with E-state index in [1.165, 1.54) is 0 Å². The summed E-state index contributed by atoms with van der Waals surface area (Å²) in [6, 6.07) is 0.0226. The van der Waals surface area contributed by atoms with Crippen molar-refractivity contribution in [1.82, 2.24) is 15.5 Å². The number of hydrogen-bond donors (Lipinski definition) is 3. The molecule has 0 spiro atoms. The summed E-state index contributed by atoms with van der Waals surface area (Å²) in [6.07, 6.45) is 0.951. The largest absolute Gasteiger partial charge is 0.356 e. The summed E-state index contributed by atoms with van der Waals surface area (Å²) in [7, 11) is 0. The molecule has 0 aromatic carbocycles. The van der Waals surface area contributed by atoms with Crippen LogP contribution in [0.4, 0.5) is 0 Å². The van der Waals surface area contributed by atoms with Crippen molar-refractivity contribution in [2.45, 2.75) is 65.6 Å². The molecule has 2 heterocycles. The maximum absolute atomic E-state index is 13.2. The first-order chi connectivity index (χ1) is 13.4. The molecule has 8 heteroatoms. The lowest BCUT2D eigenvalue weighted by Gasteiger charge is -2.35. The maximum atomic E-state index is 13.2. The van der Waals surface area contributed by atoms with E-state index in [4.69, 9.17) is 5.73 Å². The smallest absolute Gasteiger partial charge is 0.244 e. The van der Waals surface area contributed by atoms with Gasteiger partial charge in [0.15, 0.2) is 0 Å². The third-order valence-electron chi connectivity index (χ3n) is 7.11.